The maximum atomic E-state index is 10.8. The second-order valence-corrected chi connectivity index (χ2v) is 4.87. The summed E-state index contributed by atoms with van der Waals surface area (Å²) in [5, 5.41) is 11.3. The van der Waals surface area contributed by atoms with Gasteiger partial charge in [0.15, 0.2) is 0 Å². The molecule has 0 amide bonds. The Bertz CT molecular complexity index is 607. The number of nitrogens with one attached hydrogen (secondary N) is 1. The lowest BCUT2D eigenvalue weighted by Crippen LogP contribution is -2.07. The Labute approximate surface area is 113 Å². The second kappa shape index (κ2) is 5.29. The van der Waals surface area contributed by atoms with Crippen LogP contribution in [-0.2, 0) is 0 Å². The molecule has 19 heavy (non-hydrogen) atoms. The van der Waals surface area contributed by atoms with E-state index in [4.69, 9.17) is 10.3 Å². The van der Waals surface area contributed by atoms with E-state index in [9.17, 15) is 10.1 Å². The Balaban J connectivity index is 2.33. The summed E-state index contributed by atoms with van der Waals surface area (Å²) in [7, 11) is 0. The van der Waals surface area contributed by atoms with E-state index >= 15 is 0 Å². The lowest BCUT2D eigenvalue weighted by Gasteiger charge is -2.03. The number of nitrogen functional groups attached to an aromatic ring is 1. The molecular formula is C11H12N4O3S. The summed E-state index contributed by atoms with van der Waals surface area (Å²) in [4.78, 5) is 15.2. The van der Waals surface area contributed by atoms with Crippen LogP contribution in [0.2, 0.25) is 0 Å². The van der Waals surface area contributed by atoms with Crippen molar-refractivity contribution < 1.29 is 9.34 Å². The molecule has 0 spiro atoms. The molecule has 0 saturated heterocycles. The molecule has 0 fully saturated rings. The molecule has 7 nitrogen and oxygen atoms in total. The van der Waals surface area contributed by atoms with Crippen molar-refractivity contribution in [1.82, 2.24) is 4.98 Å². The SMILES string of the molecule is Cc1nc(Sc2cc(NN)cc([N+](=O)[O-])c2)oc1C. The Morgan fingerprint density at radius 2 is 2.16 bits per heavy atom. The number of aromatic nitrogens is 1. The van der Waals surface area contributed by atoms with Crippen molar-refractivity contribution in [3.8, 4) is 0 Å². The first kappa shape index (κ1) is 13.4. The first-order valence-electron chi connectivity index (χ1n) is 5.37. The van der Waals surface area contributed by atoms with Gasteiger partial charge in [-0.3, -0.25) is 16.0 Å². The van der Waals surface area contributed by atoms with E-state index in [2.05, 4.69) is 10.4 Å². The molecule has 0 radical (unpaired) electrons. The van der Waals surface area contributed by atoms with Crippen LogP contribution >= 0.6 is 11.8 Å². The van der Waals surface area contributed by atoms with E-state index in [0.717, 1.165) is 11.5 Å². The van der Waals surface area contributed by atoms with Gasteiger partial charge in [-0.1, -0.05) is 0 Å². The van der Waals surface area contributed by atoms with Gasteiger partial charge in [-0.15, -0.1) is 0 Å². The number of nitrogens with two attached hydrogens (primary N) is 1. The number of nitro benzene ring substituents is 1. The molecule has 0 saturated carbocycles. The molecule has 1 heterocycles. The predicted octanol–water partition coefficient (Wildman–Crippen LogP) is 2.64. The largest absolute Gasteiger partial charge is 0.436 e. The number of anilines is 1. The van der Waals surface area contributed by atoms with Crippen molar-refractivity contribution in [2.75, 3.05) is 5.43 Å². The zero-order chi connectivity index (χ0) is 14.0. The van der Waals surface area contributed by atoms with E-state index in [1.165, 1.54) is 23.9 Å². The van der Waals surface area contributed by atoms with E-state index in [0.29, 0.717) is 15.8 Å². The van der Waals surface area contributed by atoms with Gasteiger partial charge >= 0.3 is 0 Å². The molecule has 8 heteroatoms. The maximum absolute atomic E-state index is 10.8. The summed E-state index contributed by atoms with van der Waals surface area (Å²) >= 11 is 1.21. The molecule has 1 aromatic heterocycles. The average Bonchev–Trinajstić information content (AvgIpc) is 2.67. The Kier molecular flexibility index (Phi) is 3.72. The van der Waals surface area contributed by atoms with Crippen LogP contribution in [0.5, 0.6) is 0 Å². The molecule has 0 unspecified atom stereocenters. The number of benzene rings is 1. The van der Waals surface area contributed by atoms with Gasteiger partial charge in [0.2, 0.25) is 0 Å². The fourth-order valence-corrected chi connectivity index (χ4v) is 2.34. The van der Waals surface area contributed by atoms with Crippen molar-refractivity contribution >= 4 is 23.1 Å². The van der Waals surface area contributed by atoms with Crippen molar-refractivity contribution in [2.24, 2.45) is 5.84 Å². The molecule has 0 aliphatic rings. The normalized spacial score (nSPS) is 10.5. The van der Waals surface area contributed by atoms with Crippen LogP contribution in [0.3, 0.4) is 0 Å². The van der Waals surface area contributed by atoms with Gasteiger partial charge in [-0.2, -0.15) is 0 Å². The molecule has 1 aromatic carbocycles. The summed E-state index contributed by atoms with van der Waals surface area (Å²) in [5.41, 5.74) is 3.60. The molecule has 2 aromatic rings. The highest BCUT2D eigenvalue weighted by Crippen LogP contribution is 2.33. The second-order valence-electron chi connectivity index (χ2n) is 3.84. The molecule has 3 N–H and O–H groups in total. The van der Waals surface area contributed by atoms with Gasteiger partial charge in [0.05, 0.1) is 16.3 Å². The minimum Gasteiger partial charge on any atom is -0.436 e. The molecule has 0 aliphatic heterocycles. The zero-order valence-corrected chi connectivity index (χ0v) is 11.2. The highest BCUT2D eigenvalue weighted by Gasteiger charge is 2.13. The first-order valence-corrected chi connectivity index (χ1v) is 6.19. The number of hydrazine groups is 1. The van der Waals surface area contributed by atoms with Crippen molar-refractivity contribution in [3.63, 3.8) is 0 Å². The Morgan fingerprint density at radius 1 is 1.42 bits per heavy atom. The molecule has 0 aliphatic carbocycles. The number of rotatable bonds is 4. The van der Waals surface area contributed by atoms with Crippen LogP contribution in [0, 0.1) is 24.0 Å². The van der Waals surface area contributed by atoms with E-state index in [-0.39, 0.29) is 5.69 Å². The molecule has 100 valence electrons. The van der Waals surface area contributed by atoms with Crippen LogP contribution in [0.4, 0.5) is 11.4 Å². The third kappa shape index (κ3) is 3.04. The number of aryl methyl sites for hydroxylation is 2. The minimum atomic E-state index is -0.475. The third-order valence-corrected chi connectivity index (χ3v) is 3.30. The first-order chi connectivity index (χ1) is 8.99. The lowest BCUT2D eigenvalue weighted by molar-refractivity contribution is -0.385. The zero-order valence-electron chi connectivity index (χ0n) is 10.3. The number of hydrogen-bond acceptors (Lipinski definition) is 7. The highest BCUT2D eigenvalue weighted by atomic mass is 32.2. The van der Waals surface area contributed by atoms with Crippen molar-refractivity contribution in [1.29, 1.82) is 0 Å². The number of hydrogen-bond donors (Lipinski definition) is 2. The molecule has 0 atom stereocenters. The topological polar surface area (TPSA) is 107 Å². The van der Waals surface area contributed by atoms with Crippen molar-refractivity contribution in [2.45, 2.75) is 24.0 Å². The number of oxazole rings is 1. The van der Waals surface area contributed by atoms with Crippen LogP contribution < -0.4 is 11.3 Å². The fraction of sp³-hybridized carbons (Fsp3) is 0.182. The summed E-state index contributed by atoms with van der Waals surface area (Å²) in [5.74, 6) is 6.02. The number of nitro groups is 1. The number of non-ortho nitro benzene ring substituents is 1. The van der Waals surface area contributed by atoms with E-state index < -0.39 is 4.92 Å². The van der Waals surface area contributed by atoms with E-state index in [1.807, 2.05) is 13.8 Å². The van der Waals surface area contributed by atoms with Crippen LogP contribution in [0.1, 0.15) is 11.5 Å². The van der Waals surface area contributed by atoms with Gasteiger partial charge in [0, 0.05) is 17.0 Å². The Hall–Kier alpha value is -2.06. The van der Waals surface area contributed by atoms with Gasteiger partial charge in [0.25, 0.3) is 10.9 Å². The predicted molar refractivity (Wildman–Crippen MR) is 71.0 cm³/mol. The van der Waals surface area contributed by atoms with Gasteiger partial charge < -0.3 is 9.84 Å². The standard InChI is InChI=1S/C11H12N4O3S/c1-6-7(2)18-11(13-6)19-10-4-8(14-12)3-9(5-10)15(16)17/h3-5,14H,12H2,1-2H3. The van der Waals surface area contributed by atoms with Gasteiger partial charge in [-0.05, 0) is 31.7 Å². The van der Waals surface area contributed by atoms with Gasteiger partial charge in [0.1, 0.15) is 5.76 Å². The average molecular weight is 280 g/mol. The maximum Gasteiger partial charge on any atom is 0.272 e. The smallest absolute Gasteiger partial charge is 0.272 e. The minimum absolute atomic E-state index is 0.0436. The Morgan fingerprint density at radius 3 is 2.68 bits per heavy atom. The highest BCUT2D eigenvalue weighted by molar-refractivity contribution is 7.99. The molecular weight excluding hydrogens is 268 g/mol. The summed E-state index contributed by atoms with van der Waals surface area (Å²) in [6.45, 7) is 3.65. The van der Waals surface area contributed by atoms with E-state index in [1.54, 1.807) is 6.07 Å². The van der Waals surface area contributed by atoms with Crippen LogP contribution in [-0.4, -0.2) is 9.91 Å². The quantitative estimate of drug-likeness (QED) is 0.503. The molecule has 0 bridgehead atoms. The van der Waals surface area contributed by atoms with Gasteiger partial charge in [-0.25, -0.2) is 4.98 Å². The van der Waals surface area contributed by atoms with Crippen LogP contribution in [0.25, 0.3) is 0 Å². The lowest BCUT2D eigenvalue weighted by atomic mass is 10.3. The summed E-state index contributed by atoms with van der Waals surface area (Å²) in [6, 6.07) is 4.49. The van der Waals surface area contributed by atoms with Crippen molar-refractivity contribution in [3.05, 3.63) is 39.8 Å². The van der Waals surface area contributed by atoms with Crippen LogP contribution in [0.15, 0.2) is 32.7 Å². The monoisotopic (exact) mass is 280 g/mol. The summed E-state index contributed by atoms with van der Waals surface area (Å²) in [6.07, 6.45) is 0. The third-order valence-electron chi connectivity index (χ3n) is 2.48. The summed E-state index contributed by atoms with van der Waals surface area (Å²) < 4.78 is 5.42. The number of nitrogens with zero attached hydrogens (tertiary/aromatic N) is 2. The molecule has 2 rings (SSSR count). The fourth-order valence-electron chi connectivity index (χ4n) is 1.42.